The molecular weight excluding hydrogens is 112 g/mol. The van der Waals surface area contributed by atoms with Crippen LogP contribution in [-0.4, -0.2) is 11.2 Å². The molecule has 2 rings (SSSR count). The van der Waals surface area contributed by atoms with E-state index in [2.05, 4.69) is 0 Å². The van der Waals surface area contributed by atoms with E-state index < -0.39 is 0 Å². The van der Waals surface area contributed by atoms with Crippen molar-refractivity contribution in [3.05, 3.63) is 0 Å². The van der Waals surface area contributed by atoms with Crippen molar-refractivity contribution in [1.29, 1.82) is 0 Å². The van der Waals surface area contributed by atoms with E-state index in [1.807, 2.05) is 0 Å². The van der Waals surface area contributed by atoms with Crippen LogP contribution >= 0.6 is 0 Å². The molecule has 2 fully saturated rings. The first-order valence-electron chi connectivity index (χ1n) is 4.06. The topological polar surface area (TPSA) is 20.2 Å². The molecular formula is C8H14O. The third kappa shape index (κ3) is 0.787. The summed E-state index contributed by atoms with van der Waals surface area (Å²) in [5.74, 6) is 1.37. The Bertz CT molecular complexity index is 95.1. The van der Waals surface area contributed by atoms with Gasteiger partial charge in [-0.1, -0.05) is 6.42 Å². The van der Waals surface area contributed by atoms with E-state index in [1.165, 1.54) is 32.1 Å². The van der Waals surface area contributed by atoms with Gasteiger partial charge in [0.25, 0.3) is 0 Å². The largest absolute Gasteiger partial charge is 0.393 e. The first-order valence-corrected chi connectivity index (χ1v) is 4.06. The lowest BCUT2D eigenvalue weighted by Crippen LogP contribution is -2.24. The van der Waals surface area contributed by atoms with Crippen LogP contribution in [0.2, 0.25) is 0 Å². The molecule has 9 heavy (non-hydrogen) atoms. The maximum absolute atomic E-state index is 9.51. The van der Waals surface area contributed by atoms with Crippen molar-refractivity contribution < 1.29 is 5.11 Å². The fourth-order valence-corrected chi connectivity index (χ4v) is 2.43. The SMILES string of the molecule is OC1[C@@H]2CCC[C@@H]1CC2. The predicted octanol–water partition coefficient (Wildman–Crippen LogP) is 1.56. The zero-order valence-electron chi connectivity index (χ0n) is 5.71. The first kappa shape index (κ1) is 5.72. The number of aliphatic hydroxyl groups is 1. The Labute approximate surface area is 56.1 Å². The maximum Gasteiger partial charge on any atom is 0.0596 e. The summed E-state index contributed by atoms with van der Waals surface area (Å²) in [7, 11) is 0. The minimum Gasteiger partial charge on any atom is -0.393 e. The fourth-order valence-electron chi connectivity index (χ4n) is 2.43. The van der Waals surface area contributed by atoms with Gasteiger partial charge in [0.15, 0.2) is 0 Å². The van der Waals surface area contributed by atoms with Gasteiger partial charge in [0.05, 0.1) is 6.10 Å². The quantitative estimate of drug-likeness (QED) is 0.522. The molecule has 1 N–H and O–H groups in total. The number of aliphatic hydroxyl groups excluding tert-OH is 1. The van der Waals surface area contributed by atoms with Crippen molar-refractivity contribution in [1.82, 2.24) is 0 Å². The van der Waals surface area contributed by atoms with Gasteiger partial charge >= 0.3 is 0 Å². The first-order chi connectivity index (χ1) is 4.38. The normalized spacial score (nSPS) is 49.7. The average molecular weight is 126 g/mol. The van der Waals surface area contributed by atoms with Crippen LogP contribution in [0.4, 0.5) is 0 Å². The molecule has 0 aromatic heterocycles. The lowest BCUT2D eigenvalue weighted by atomic mass is 9.86. The van der Waals surface area contributed by atoms with Crippen LogP contribution in [0.25, 0.3) is 0 Å². The Hall–Kier alpha value is -0.0400. The third-order valence-electron chi connectivity index (χ3n) is 3.02. The Morgan fingerprint density at radius 2 is 1.44 bits per heavy atom. The predicted molar refractivity (Wildman–Crippen MR) is 36.1 cm³/mol. The van der Waals surface area contributed by atoms with E-state index in [0.29, 0.717) is 11.8 Å². The van der Waals surface area contributed by atoms with Crippen LogP contribution in [0.3, 0.4) is 0 Å². The van der Waals surface area contributed by atoms with Crippen LogP contribution in [0.1, 0.15) is 32.1 Å². The van der Waals surface area contributed by atoms with E-state index >= 15 is 0 Å². The van der Waals surface area contributed by atoms with Gasteiger partial charge in [-0.25, -0.2) is 0 Å². The van der Waals surface area contributed by atoms with Crippen LogP contribution in [0.5, 0.6) is 0 Å². The molecule has 0 aromatic carbocycles. The standard InChI is InChI=1S/C8H14O/c9-8-6-2-1-3-7(8)5-4-6/h6-9H,1-5H2/t6-,7-/m1/s1. The Morgan fingerprint density at radius 3 is 1.89 bits per heavy atom. The van der Waals surface area contributed by atoms with Crippen molar-refractivity contribution >= 4 is 0 Å². The lowest BCUT2D eigenvalue weighted by molar-refractivity contribution is 0.0605. The summed E-state index contributed by atoms with van der Waals surface area (Å²) in [6.45, 7) is 0. The van der Waals surface area contributed by atoms with Gasteiger partial charge in [-0.2, -0.15) is 0 Å². The van der Waals surface area contributed by atoms with Crippen molar-refractivity contribution in [2.45, 2.75) is 38.2 Å². The van der Waals surface area contributed by atoms with Crippen molar-refractivity contribution in [2.24, 2.45) is 11.8 Å². The third-order valence-corrected chi connectivity index (χ3v) is 3.02. The molecule has 1 nitrogen and oxygen atoms in total. The highest BCUT2D eigenvalue weighted by Gasteiger charge is 2.37. The molecule has 0 unspecified atom stereocenters. The van der Waals surface area contributed by atoms with Gasteiger partial charge < -0.3 is 5.11 Å². The van der Waals surface area contributed by atoms with E-state index in [4.69, 9.17) is 0 Å². The number of hydrogen-bond acceptors (Lipinski definition) is 1. The van der Waals surface area contributed by atoms with Crippen LogP contribution in [0.15, 0.2) is 0 Å². The Morgan fingerprint density at radius 1 is 0.889 bits per heavy atom. The molecule has 2 aliphatic carbocycles. The number of rotatable bonds is 0. The minimum atomic E-state index is 0.0822. The van der Waals surface area contributed by atoms with Gasteiger partial charge in [0, 0.05) is 0 Å². The highest BCUT2D eigenvalue weighted by Crippen LogP contribution is 2.41. The lowest BCUT2D eigenvalue weighted by Gasteiger charge is -2.24. The van der Waals surface area contributed by atoms with Gasteiger partial charge in [0.1, 0.15) is 0 Å². The number of hydrogen-bond donors (Lipinski definition) is 1. The summed E-state index contributed by atoms with van der Waals surface area (Å²) in [6, 6.07) is 0. The summed E-state index contributed by atoms with van der Waals surface area (Å²) >= 11 is 0. The second-order valence-electron chi connectivity index (χ2n) is 3.52. The second-order valence-corrected chi connectivity index (χ2v) is 3.52. The molecule has 0 aliphatic heterocycles. The fraction of sp³-hybridized carbons (Fsp3) is 1.00. The number of fused-ring (bicyclic) bond motifs is 2. The van der Waals surface area contributed by atoms with Crippen LogP contribution in [0, 0.1) is 11.8 Å². The molecule has 0 spiro atoms. The molecule has 0 heterocycles. The van der Waals surface area contributed by atoms with E-state index in [9.17, 15) is 5.11 Å². The molecule has 0 aromatic rings. The molecule has 0 amide bonds. The van der Waals surface area contributed by atoms with Gasteiger partial charge in [0.2, 0.25) is 0 Å². The van der Waals surface area contributed by atoms with E-state index in [1.54, 1.807) is 0 Å². The summed E-state index contributed by atoms with van der Waals surface area (Å²) < 4.78 is 0. The minimum absolute atomic E-state index is 0.0822. The van der Waals surface area contributed by atoms with Crippen molar-refractivity contribution in [3.8, 4) is 0 Å². The van der Waals surface area contributed by atoms with Crippen molar-refractivity contribution in [2.75, 3.05) is 0 Å². The summed E-state index contributed by atoms with van der Waals surface area (Å²) in [4.78, 5) is 0. The summed E-state index contributed by atoms with van der Waals surface area (Å²) in [5, 5.41) is 9.51. The highest BCUT2D eigenvalue weighted by atomic mass is 16.3. The van der Waals surface area contributed by atoms with E-state index in [0.717, 1.165) is 0 Å². The molecule has 52 valence electrons. The molecule has 2 aliphatic rings. The molecule has 0 radical (unpaired) electrons. The zero-order chi connectivity index (χ0) is 6.27. The van der Waals surface area contributed by atoms with Gasteiger partial charge in [-0.15, -0.1) is 0 Å². The maximum atomic E-state index is 9.51. The molecule has 1 heteroatoms. The molecule has 2 atom stereocenters. The van der Waals surface area contributed by atoms with Crippen molar-refractivity contribution in [3.63, 3.8) is 0 Å². The zero-order valence-corrected chi connectivity index (χ0v) is 5.71. The van der Waals surface area contributed by atoms with Gasteiger partial charge in [-0.05, 0) is 37.5 Å². The monoisotopic (exact) mass is 126 g/mol. The van der Waals surface area contributed by atoms with Gasteiger partial charge in [-0.3, -0.25) is 0 Å². The van der Waals surface area contributed by atoms with Crippen LogP contribution in [-0.2, 0) is 0 Å². The molecule has 0 saturated heterocycles. The Balaban J connectivity index is 2.10. The second kappa shape index (κ2) is 1.98. The van der Waals surface area contributed by atoms with Crippen LogP contribution < -0.4 is 0 Å². The molecule has 2 bridgehead atoms. The smallest absolute Gasteiger partial charge is 0.0596 e. The highest BCUT2D eigenvalue weighted by molar-refractivity contribution is 4.88. The Kier molecular flexibility index (Phi) is 1.26. The summed E-state index contributed by atoms with van der Waals surface area (Å²) in [6.07, 6.45) is 6.62. The molecule has 2 saturated carbocycles. The van der Waals surface area contributed by atoms with E-state index in [-0.39, 0.29) is 6.10 Å². The summed E-state index contributed by atoms with van der Waals surface area (Å²) in [5.41, 5.74) is 0. The average Bonchev–Trinajstić information content (AvgIpc) is 2.19.